The van der Waals surface area contributed by atoms with Crippen molar-refractivity contribution in [1.29, 1.82) is 0 Å². The number of aryl methyl sites for hydroxylation is 1. The van der Waals surface area contributed by atoms with E-state index in [0.717, 1.165) is 23.9 Å². The molecule has 0 radical (unpaired) electrons. The lowest BCUT2D eigenvalue weighted by Crippen LogP contribution is -2.09. The number of rotatable bonds is 4. The van der Waals surface area contributed by atoms with E-state index in [4.69, 9.17) is 9.15 Å². The van der Waals surface area contributed by atoms with Gasteiger partial charge in [-0.1, -0.05) is 15.9 Å². The second-order valence-corrected chi connectivity index (χ2v) is 4.93. The normalized spacial score (nSPS) is 10.8. The van der Waals surface area contributed by atoms with Gasteiger partial charge in [-0.15, -0.1) is 0 Å². The molecule has 0 saturated heterocycles. The minimum absolute atomic E-state index is 0.0449. The van der Waals surface area contributed by atoms with Crippen LogP contribution in [0.2, 0.25) is 0 Å². The fourth-order valence-corrected chi connectivity index (χ4v) is 2.19. The molecule has 0 fully saturated rings. The molecular weight excluding hydrogens is 296 g/mol. The third kappa shape index (κ3) is 2.43. The van der Waals surface area contributed by atoms with E-state index in [9.17, 15) is 4.79 Å². The Morgan fingerprint density at radius 3 is 2.83 bits per heavy atom. The summed E-state index contributed by atoms with van der Waals surface area (Å²) in [5.41, 5.74) is 1.34. The van der Waals surface area contributed by atoms with Crippen molar-refractivity contribution in [2.75, 3.05) is 12.4 Å². The Morgan fingerprint density at radius 2 is 2.17 bits per heavy atom. The maximum atomic E-state index is 12.2. The highest BCUT2D eigenvalue weighted by Gasteiger charge is 2.11. The molecule has 2 aromatic rings. The Hall–Kier alpha value is -1.29. The molecule has 2 rings (SSSR count). The van der Waals surface area contributed by atoms with Crippen LogP contribution in [0.25, 0.3) is 11.0 Å². The molecule has 3 nitrogen and oxygen atoms in total. The lowest BCUT2D eigenvalue weighted by atomic mass is 10.1. The van der Waals surface area contributed by atoms with Gasteiger partial charge in [-0.2, -0.15) is 0 Å². The summed E-state index contributed by atoms with van der Waals surface area (Å²) in [5.74, 6) is 1.46. The van der Waals surface area contributed by atoms with Gasteiger partial charge in [0.1, 0.15) is 17.1 Å². The third-order valence-corrected chi connectivity index (χ3v) is 3.52. The summed E-state index contributed by atoms with van der Waals surface area (Å²) < 4.78 is 11.0. The van der Waals surface area contributed by atoms with Crippen molar-refractivity contribution in [3.05, 3.63) is 39.7 Å². The lowest BCUT2D eigenvalue weighted by molar-refractivity contribution is 0.414. The summed E-state index contributed by atoms with van der Waals surface area (Å²) in [7, 11) is 1.60. The number of halogens is 1. The van der Waals surface area contributed by atoms with Gasteiger partial charge in [0, 0.05) is 23.4 Å². The van der Waals surface area contributed by atoms with Crippen LogP contribution >= 0.6 is 15.9 Å². The zero-order valence-electron chi connectivity index (χ0n) is 10.5. The fraction of sp³-hybridized carbons (Fsp3) is 0.357. The molecule has 0 aliphatic carbocycles. The molecule has 0 atom stereocenters. The average molecular weight is 311 g/mol. The highest BCUT2D eigenvalue weighted by atomic mass is 79.9. The highest BCUT2D eigenvalue weighted by molar-refractivity contribution is 9.09. The van der Waals surface area contributed by atoms with Gasteiger partial charge in [-0.05, 0) is 25.5 Å². The molecule has 1 aromatic carbocycles. The molecule has 96 valence electrons. The van der Waals surface area contributed by atoms with E-state index in [1.54, 1.807) is 25.3 Å². The average Bonchev–Trinajstić information content (AvgIpc) is 2.40. The third-order valence-electron chi connectivity index (χ3n) is 2.96. The summed E-state index contributed by atoms with van der Waals surface area (Å²) in [6.07, 6.45) is 1.71. The summed E-state index contributed by atoms with van der Waals surface area (Å²) in [5, 5.41) is 1.50. The molecular formula is C14H15BrO3. The van der Waals surface area contributed by atoms with Crippen LogP contribution in [-0.2, 0) is 6.42 Å². The van der Waals surface area contributed by atoms with Crippen molar-refractivity contribution in [3.8, 4) is 5.75 Å². The van der Waals surface area contributed by atoms with Crippen LogP contribution in [0.3, 0.4) is 0 Å². The van der Waals surface area contributed by atoms with Crippen LogP contribution in [0.4, 0.5) is 0 Å². The van der Waals surface area contributed by atoms with Crippen LogP contribution in [0.15, 0.2) is 27.4 Å². The van der Waals surface area contributed by atoms with Gasteiger partial charge in [0.15, 0.2) is 5.43 Å². The van der Waals surface area contributed by atoms with Gasteiger partial charge in [-0.3, -0.25) is 4.79 Å². The fourth-order valence-electron chi connectivity index (χ4n) is 1.91. The summed E-state index contributed by atoms with van der Waals surface area (Å²) in [4.78, 5) is 12.2. The van der Waals surface area contributed by atoms with Gasteiger partial charge in [0.05, 0.1) is 12.5 Å². The first kappa shape index (κ1) is 13.1. The number of ether oxygens (including phenoxy) is 1. The van der Waals surface area contributed by atoms with Crippen molar-refractivity contribution < 1.29 is 9.15 Å². The molecule has 0 saturated carbocycles. The van der Waals surface area contributed by atoms with E-state index in [2.05, 4.69) is 15.9 Å². The molecule has 0 N–H and O–H groups in total. The van der Waals surface area contributed by atoms with E-state index in [1.165, 1.54) is 0 Å². The lowest BCUT2D eigenvalue weighted by Gasteiger charge is -2.07. The van der Waals surface area contributed by atoms with Gasteiger partial charge in [0.2, 0.25) is 0 Å². The predicted molar refractivity (Wildman–Crippen MR) is 75.9 cm³/mol. The number of methoxy groups -OCH3 is 1. The number of hydrogen-bond donors (Lipinski definition) is 0. The maximum absolute atomic E-state index is 12.2. The number of fused-ring (bicyclic) bond motifs is 1. The van der Waals surface area contributed by atoms with E-state index in [1.807, 2.05) is 6.92 Å². The van der Waals surface area contributed by atoms with Gasteiger partial charge in [0.25, 0.3) is 0 Å². The Labute approximate surface area is 114 Å². The second-order valence-electron chi connectivity index (χ2n) is 4.13. The smallest absolute Gasteiger partial charge is 0.195 e. The quantitative estimate of drug-likeness (QED) is 0.812. The molecule has 4 heteroatoms. The summed E-state index contributed by atoms with van der Waals surface area (Å²) in [6, 6.07) is 5.28. The summed E-state index contributed by atoms with van der Waals surface area (Å²) in [6.45, 7) is 1.82. The Morgan fingerprint density at radius 1 is 1.39 bits per heavy atom. The predicted octanol–water partition coefficient (Wildman–Crippen LogP) is 3.44. The monoisotopic (exact) mass is 310 g/mol. The first-order valence-corrected chi connectivity index (χ1v) is 6.96. The standard InChI is InChI=1S/C14H15BrO3/c1-9-12(4-3-7-15)18-13-8-10(17-2)5-6-11(13)14(9)16/h5-6,8H,3-4,7H2,1-2H3. The maximum Gasteiger partial charge on any atom is 0.195 e. The Balaban J connectivity index is 2.60. The van der Waals surface area contributed by atoms with E-state index in [0.29, 0.717) is 22.3 Å². The van der Waals surface area contributed by atoms with Crippen molar-refractivity contribution in [2.24, 2.45) is 0 Å². The van der Waals surface area contributed by atoms with Crippen LogP contribution in [0, 0.1) is 6.92 Å². The van der Waals surface area contributed by atoms with Crippen LogP contribution < -0.4 is 10.2 Å². The Kier molecular flexibility index (Phi) is 4.07. The van der Waals surface area contributed by atoms with Crippen LogP contribution in [0.1, 0.15) is 17.7 Å². The van der Waals surface area contributed by atoms with Crippen molar-refractivity contribution in [3.63, 3.8) is 0 Å². The zero-order chi connectivity index (χ0) is 13.1. The minimum Gasteiger partial charge on any atom is -0.497 e. The van der Waals surface area contributed by atoms with Crippen LogP contribution in [-0.4, -0.2) is 12.4 Å². The molecule has 0 spiro atoms. The molecule has 1 aromatic heterocycles. The highest BCUT2D eigenvalue weighted by Crippen LogP contribution is 2.21. The van der Waals surface area contributed by atoms with Gasteiger partial charge < -0.3 is 9.15 Å². The number of benzene rings is 1. The van der Waals surface area contributed by atoms with Crippen LogP contribution in [0.5, 0.6) is 5.75 Å². The van der Waals surface area contributed by atoms with Gasteiger partial charge >= 0.3 is 0 Å². The first-order valence-electron chi connectivity index (χ1n) is 5.83. The molecule has 0 aliphatic heterocycles. The Bertz CT molecular complexity index is 616. The molecule has 0 bridgehead atoms. The van der Waals surface area contributed by atoms with Crippen molar-refractivity contribution in [1.82, 2.24) is 0 Å². The van der Waals surface area contributed by atoms with Gasteiger partial charge in [-0.25, -0.2) is 0 Å². The van der Waals surface area contributed by atoms with E-state index in [-0.39, 0.29) is 5.43 Å². The molecule has 0 unspecified atom stereocenters. The zero-order valence-corrected chi connectivity index (χ0v) is 12.0. The second kappa shape index (κ2) is 5.57. The van der Waals surface area contributed by atoms with E-state index >= 15 is 0 Å². The number of hydrogen-bond acceptors (Lipinski definition) is 3. The molecule has 1 heterocycles. The molecule has 0 amide bonds. The first-order chi connectivity index (χ1) is 8.67. The minimum atomic E-state index is 0.0449. The summed E-state index contributed by atoms with van der Waals surface area (Å²) >= 11 is 3.38. The van der Waals surface area contributed by atoms with E-state index < -0.39 is 0 Å². The SMILES string of the molecule is COc1ccc2c(=O)c(C)c(CCCBr)oc2c1. The molecule has 0 aliphatic rings. The van der Waals surface area contributed by atoms with Crippen molar-refractivity contribution in [2.45, 2.75) is 19.8 Å². The topological polar surface area (TPSA) is 39.4 Å². The van der Waals surface area contributed by atoms with Crippen molar-refractivity contribution >= 4 is 26.9 Å². The number of alkyl halides is 1. The largest absolute Gasteiger partial charge is 0.497 e. The molecule has 18 heavy (non-hydrogen) atoms.